The number of halogens is 2. The van der Waals surface area contributed by atoms with Crippen molar-refractivity contribution in [3.63, 3.8) is 0 Å². The molecule has 0 bridgehead atoms. The van der Waals surface area contributed by atoms with E-state index in [1.54, 1.807) is 23.6 Å². The monoisotopic (exact) mass is 1550 g/mol. The second-order valence-corrected chi connectivity index (χ2v) is 37.0. The number of thiazole rings is 2. The fourth-order valence-electron chi connectivity index (χ4n) is 14.4. The van der Waals surface area contributed by atoms with Crippen molar-refractivity contribution in [2.45, 2.75) is 189 Å². The van der Waals surface area contributed by atoms with Crippen molar-refractivity contribution in [1.29, 1.82) is 0 Å². The molecule has 4 aromatic carbocycles. The standard InChI is InChI=1S/C37H42BrN3O6S2.C33H35BrN2O5S.C4H9NO2S/c1-36(16-17-36)49(45,46)40-34(44)37-21-26(37)13-9-4-2-3-8-12-25(18-24-10-6-5-7-11-24)33(43)41-23-28(20-30(41)31(42)22-37)47-35-39-29-15-14-27(38)19-32(29)48-35;34-24-13-14-26-29(16-24)42-32(35-26)41-25-17-27-28(37)19-33(31(39)40)18-23(33)12-8-3-1-2-7-11-22(30(38)36(27)20-25)15-21-9-5-4-6-10-21;1-4(2-3-4)8(5,6)7/h5-7,9-11,13-15,19,25-26,28,30H,2-4,8,12,16-18,20-23H2,1H3,(H,40,44);4-6,8-10,12-14,16,22-23,25,27H,1-3,7,11,15,17-20H2,(H,39,40);2-3H2,1H3,(H2,5,6,7)/b13-9-;12-8-;/t25-,26-,28-,30+,37-;22-,23-,25-,27+,33-;/m11./s1. The van der Waals surface area contributed by atoms with Gasteiger partial charge in [0.15, 0.2) is 11.6 Å². The summed E-state index contributed by atoms with van der Waals surface area (Å²) in [5, 5.41) is 16.0. The number of fused-ring (bicyclic) bond motifs is 6. The Morgan fingerprint density at radius 1 is 0.616 bits per heavy atom. The molecule has 25 heteroatoms. The number of hydrogen-bond acceptors (Lipinski definition) is 16. The maximum absolute atomic E-state index is 14.5. The Morgan fingerprint density at radius 2 is 1.05 bits per heavy atom. The molecule has 4 aliphatic heterocycles. The largest absolute Gasteiger partial charge is 0.481 e. The third-order valence-electron chi connectivity index (χ3n) is 21.6. The van der Waals surface area contributed by atoms with Crippen molar-refractivity contribution >= 4 is 130 Å². The summed E-state index contributed by atoms with van der Waals surface area (Å²) in [6.07, 6.45) is 21.0. The van der Waals surface area contributed by atoms with Gasteiger partial charge < -0.3 is 24.4 Å². The predicted octanol–water partition coefficient (Wildman–Crippen LogP) is 13.4. The molecule has 4 aliphatic carbocycles. The van der Waals surface area contributed by atoms with Gasteiger partial charge in [0, 0.05) is 46.5 Å². The van der Waals surface area contributed by atoms with Gasteiger partial charge in [-0.15, -0.1) is 0 Å². The van der Waals surface area contributed by atoms with Crippen LogP contribution in [0.4, 0.5) is 0 Å². The summed E-state index contributed by atoms with van der Waals surface area (Å²) in [5.41, 5.74) is 1.56. The summed E-state index contributed by atoms with van der Waals surface area (Å²) in [4.78, 5) is 96.0. The number of ketones is 2. The molecule has 0 spiro atoms. The molecule has 3 amide bonds. The summed E-state index contributed by atoms with van der Waals surface area (Å²) in [7, 11) is -7.11. The van der Waals surface area contributed by atoms with E-state index < -0.39 is 76.5 Å². The van der Waals surface area contributed by atoms with E-state index >= 15 is 0 Å². The van der Waals surface area contributed by atoms with Gasteiger partial charge in [-0.3, -0.25) is 33.5 Å². The number of Topliss-reactive ketones (excluding diaryl/α,β-unsaturated/α-hetero) is 2. The lowest BCUT2D eigenvalue weighted by Crippen LogP contribution is -2.47. The quantitative estimate of drug-likeness (QED) is 0.0906. The van der Waals surface area contributed by atoms with Crippen LogP contribution in [0.1, 0.15) is 153 Å². The zero-order valence-electron chi connectivity index (χ0n) is 55.7. The van der Waals surface area contributed by atoms with E-state index in [-0.39, 0.29) is 79.4 Å². The minimum atomic E-state index is -3.88. The van der Waals surface area contributed by atoms with Gasteiger partial charge in [-0.1, -0.05) is 165 Å². The molecule has 528 valence electrons. The average Bonchev–Trinajstić information content (AvgIpc) is 1.57. The number of carbonyl (C=O) groups excluding carboxylic acids is 5. The van der Waals surface area contributed by atoms with Crippen LogP contribution in [0, 0.1) is 34.5 Å². The van der Waals surface area contributed by atoms with Gasteiger partial charge in [0.05, 0.1) is 65.9 Å². The number of primary sulfonamides is 1. The van der Waals surface area contributed by atoms with Crippen molar-refractivity contribution in [3.8, 4) is 10.4 Å². The summed E-state index contributed by atoms with van der Waals surface area (Å²) < 4.78 is 64.6. The molecular weight excluding hydrogens is 1470 g/mol. The summed E-state index contributed by atoms with van der Waals surface area (Å²) in [6, 6.07) is 30.2. The molecule has 6 heterocycles. The highest BCUT2D eigenvalue weighted by atomic mass is 79.9. The van der Waals surface area contributed by atoms with E-state index in [9.17, 15) is 50.7 Å². The van der Waals surface area contributed by atoms with Crippen LogP contribution < -0.4 is 19.3 Å². The average molecular weight is 1560 g/mol. The van der Waals surface area contributed by atoms with Gasteiger partial charge >= 0.3 is 5.97 Å². The van der Waals surface area contributed by atoms with Crippen LogP contribution in [-0.2, 0) is 61.7 Å². The molecule has 6 aromatic rings. The molecular formula is C74H86Br2N6O13S4. The number of nitrogens with zero attached hydrogens (tertiary/aromatic N) is 4. The Morgan fingerprint density at radius 3 is 1.47 bits per heavy atom. The van der Waals surface area contributed by atoms with Crippen LogP contribution in [-0.4, -0.2) is 124 Å². The number of carboxylic acids is 1. The zero-order valence-corrected chi connectivity index (χ0v) is 62.2. The van der Waals surface area contributed by atoms with E-state index in [4.69, 9.17) is 14.6 Å². The number of hydrogen-bond donors (Lipinski definition) is 3. The first kappa shape index (κ1) is 72.6. The van der Waals surface area contributed by atoms with E-state index in [1.165, 1.54) is 22.7 Å². The molecule has 4 saturated carbocycles. The van der Waals surface area contributed by atoms with Crippen LogP contribution in [0.15, 0.2) is 130 Å². The molecule has 8 aliphatic rings. The number of benzene rings is 4. The second-order valence-electron chi connectivity index (χ2n) is 29.0. The van der Waals surface area contributed by atoms with Crippen molar-refractivity contribution < 1.29 is 60.2 Å². The Balaban J connectivity index is 0.000000170. The van der Waals surface area contributed by atoms with E-state index in [0.29, 0.717) is 61.8 Å². The number of ether oxygens (including phenoxy) is 2. The van der Waals surface area contributed by atoms with E-state index in [1.807, 2.05) is 109 Å². The number of rotatable bonds is 13. The lowest BCUT2D eigenvalue weighted by Gasteiger charge is -2.29. The number of aliphatic carboxylic acids is 1. The highest BCUT2D eigenvalue weighted by Crippen LogP contribution is 2.59. The minimum absolute atomic E-state index is 0.0405. The third kappa shape index (κ3) is 17.0. The SMILES string of the molecule is CC1(S(=O)(=O)NC(=O)[C@]23CC(=O)[C@@H]4C[C@@H](Oc5nc6ccc(Br)cc6s5)CN4C(=O)[C@@H](Cc4ccccc4)CCCCC/C=C\[C@@H]2C3)CC1.CC1(S(N)(=O)=O)CC1.O=C1C[C@]2(C(=O)O)C[C@H]2/C=C\CCCCC[C@H](Cc2ccccc2)C(=O)N2C[C@H](Oc3nc4ccc(Br)cc4s3)C[C@@H]12. The van der Waals surface area contributed by atoms with Gasteiger partial charge in [0.1, 0.15) is 12.2 Å². The summed E-state index contributed by atoms with van der Waals surface area (Å²) in [5.74, 6) is -3.04. The number of carboxylic acid groups (broad SMARTS) is 1. The number of aromatic nitrogens is 2. The molecule has 2 saturated heterocycles. The Kier molecular flexibility index (Phi) is 22.0. The van der Waals surface area contributed by atoms with Crippen LogP contribution >= 0.6 is 54.5 Å². The van der Waals surface area contributed by atoms with Gasteiger partial charge in [0.25, 0.3) is 10.4 Å². The number of amides is 3. The molecule has 19 nitrogen and oxygen atoms in total. The normalized spacial score (nSPS) is 29.0. The maximum Gasteiger partial charge on any atom is 0.310 e. The smallest absolute Gasteiger partial charge is 0.310 e. The lowest BCUT2D eigenvalue weighted by atomic mass is 9.90. The van der Waals surface area contributed by atoms with Crippen molar-refractivity contribution in [2.24, 2.45) is 39.6 Å². The molecule has 0 unspecified atom stereocenters. The number of sulfonamides is 2. The Labute approximate surface area is 603 Å². The molecule has 99 heavy (non-hydrogen) atoms. The maximum atomic E-state index is 14.5. The van der Waals surface area contributed by atoms with E-state index in [0.717, 1.165) is 111 Å². The Hall–Kier alpha value is -6.22. The van der Waals surface area contributed by atoms with Crippen molar-refractivity contribution in [3.05, 3.63) is 141 Å². The van der Waals surface area contributed by atoms with Gasteiger partial charge in [-0.25, -0.2) is 31.9 Å². The van der Waals surface area contributed by atoms with Crippen molar-refractivity contribution in [1.82, 2.24) is 24.5 Å². The molecule has 14 rings (SSSR count). The highest BCUT2D eigenvalue weighted by molar-refractivity contribution is 9.10. The number of nitrogens with two attached hydrogens (primary N) is 1. The summed E-state index contributed by atoms with van der Waals surface area (Å²) >= 11 is 9.86. The molecule has 4 N–H and O–H groups in total. The second kappa shape index (κ2) is 30.0. The van der Waals surface area contributed by atoms with Gasteiger partial charge in [-0.05, 0) is 163 Å². The molecule has 2 aromatic heterocycles. The fraction of sp³-hybridized carbons (Fsp3) is 0.514. The van der Waals surface area contributed by atoms with Crippen molar-refractivity contribution in [2.75, 3.05) is 13.1 Å². The van der Waals surface area contributed by atoms with Crippen LogP contribution in [0.2, 0.25) is 0 Å². The van der Waals surface area contributed by atoms with Crippen LogP contribution in [0.5, 0.6) is 10.4 Å². The summed E-state index contributed by atoms with van der Waals surface area (Å²) in [6.45, 7) is 3.83. The fourth-order valence-corrected chi connectivity index (χ4v) is 19.3. The first-order valence-corrected chi connectivity index (χ1v) is 40.8. The first-order valence-electron chi connectivity index (χ1n) is 34.6. The van der Waals surface area contributed by atoms with Gasteiger partial charge in [0.2, 0.25) is 37.8 Å². The van der Waals surface area contributed by atoms with Crippen LogP contribution in [0.25, 0.3) is 20.4 Å². The minimum Gasteiger partial charge on any atom is -0.481 e. The number of carbonyl (C=O) groups is 6. The predicted molar refractivity (Wildman–Crippen MR) is 389 cm³/mol. The zero-order chi connectivity index (χ0) is 70.1. The molecule has 6 fully saturated rings. The van der Waals surface area contributed by atoms with Gasteiger partial charge in [-0.2, -0.15) is 0 Å². The Bertz CT molecular complexity index is 4310. The lowest BCUT2D eigenvalue weighted by molar-refractivity contribution is -0.147. The molecule has 10 atom stereocenters. The topological polar surface area (TPSA) is 280 Å². The number of allylic oxidation sites excluding steroid dienone is 4. The third-order valence-corrected chi connectivity index (χ3v) is 28.3. The van der Waals surface area contributed by atoms with Crippen LogP contribution in [0.3, 0.4) is 0 Å². The van der Waals surface area contributed by atoms with E-state index in [2.05, 4.69) is 58.7 Å². The first-order chi connectivity index (χ1) is 47.2. The molecule has 0 radical (unpaired) electrons. The highest BCUT2D eigenvalue weighted by Gasteiger charge is 2.64. The number of nitrogens with one attached hydrogen (secondary N) is 1.